The molecule has 196 valence electrons. The summed E-state index contributed by atoms with van der Waals surface area (Å²) in [6, 6.07) is 0.134. The van der Waals surface area contributed by atoms with Gasteiger partial charge in [0.15, 0.2) is 0 Å². The predicted molar refractivity (Wildman–Crippen MR) is 133 cm³/mol. The van der Waals surface area contributed by atoms with Crippen molar-refractivity contribution in [3.63, 3.8) is 0 Å². The Hall–Kier alpha value is -1.36. The van der Waals surface area contributed by atoms with Crippen LogP contribution in [0.4, 0.5) is 4.79 Å². The zero-order valence-corrected chi connectivity index (χ0v) is 21.8. The highest BCUT2D eigenvalue weighted by Gasteiger charge is 2.51. The predicted octanol–water partition coefficient (Wildman–Crippen LogP) is 2.27. The van der Waals surface area contributed by atoms with Crippen molar-refractivity contribution >= 4 is 29.5 Å². The van der Waals surface area contributed by atoms with Gasteiger partial charge in [0.1, 0.15) is 5.78 Å². The van der Waals surface area contributed by atoms with E-state index in [0.29, 0.717) is 70.1 Å². The van der Waals surface area contributed by atoms with Crippen molar-refractivity contribution in [3.05, 3.63) is 0 Å². The van der Waals surface area contributed by atoms with Gasteiger partial charge in [-0.1, -0.05) is 20.3 Å². The molecule has 3 N–H and O–H groups in total. The molecule has 2 aliphatic heterocycles. The highest BCUT2D eigenvalue weighted by molar-refractivity contribution is 8.00. The molecule has 2 rings (SSSR count). The number of Topliss-reactive ketones (excluding diaryl/α,β-unsaturated/α-hetero) is 1. The summed E-state index contributed by atoms with van der Waals surface area (Å²) < 4.78 is 16.4. The number of rotatable bonds is 19. The normalized spacial score (nSPS) is 23.6. The maximum Gasteiger partial charge on any atom is 0.315 e. The van der Waals surface area contributed by atoms with Crippen LogP contribution in [0, 0.1) is 5.92 Å². The summed E-state index contributed by atoms with van der Waals surface area (Å²) in [6.07, 6.45) is 4.86. The number of fused-ring (bicyclic) bond motifs is 1. The Bertz CT molecular complexity index is 650. The lowest BCUT2D eigenvalue weighted by molar-refractivity contribution is -0.124. The number of carbonyl (C=O) groups is 3. The van der Waals surface area contributed by atoms with Crippen molar-refractivity contribution < 1.29 is 28.6 Å². The van der Waals surface area contributed by atoms with Crippen molar-refractivity contribution in [2.75, 3.05) is 51.9 Å². The van der Waals surface area contributed by atoms with Gasteiger partial charge in [-0.15, -0.1) is 0 Å². The monoisotopic (exact) mass is 501 g/mol. The van der Waals surface area contributed by atoms with E-state index in [2.05, 4.69) is 22.9 Å². The second-order valence-corrected chi connectivity index (χ2v) is 10.7. The molecule has 34 heavy (non-hydrogen) atoms. The van der Waals surface area contributed by atoms with Crippen molar-refractivity contribution in [1.29, 1.82) is 0 Å². The van der Waals surface area contributed by atoms with E-state index < -0.39 is 0 Å². The first-order valence-corrected chi connectivity index (χ1v) is 13.6. The molecule has 2 saturated heterocycles. The number of carbonyl (C=O) groups excluding carboxylic acids is 3. The van der Waals surface area contributed by atoms with Gasteiger partial charge in [0.25, 0.3) is 0 Å². The van der Waals surface area contributed by atoms with E-state index in [-0.39, 0.29) is 29.4 Å². The third kappa shape index (κ3) is 10.5. The Morgan fingerprint density at radius 2 is 1.68 bits per heavy atom. The quantitative estimate of drug-likeness (QED) is 0.184. The molecule has 2 fully saturated rings. The maximum absolute atomic E-state index is 12.1. The van der Waals surface area contributed by atoms with Crippen LogP contribution in [0.25, 0.3) is 0 Å². The summed E-state index contributed by atoms with van der Waals surface area (Å²) in [5.41, 5.74) is -0.131. The van der Waals surface area contributed by atoms with Gasteiger partial charge < -0.3 is 30.2 Å². The van der Waals surface area contributed by atoms with E-state index in [1.54, 1.807) is 0 Å². The first kappa shape index (κ1) is 28.9. The van der Waals surface area contributed by atoms with Gasteiger partial charge in [0, 0.05) is 42.9 Å². The van der Waals surface area contributed by atoms with Crippen LogP contribution in [-0.2, 0) is 23.8 Å². The van der Waals surface area contributed by atoms with Gasteiger partial charge in [-0.2, -0.15) is 11.8 Å². The molecule has 3 atom stereocenters. The fourth-order valence-electron chi connectivity index (χ4n) is 4.09. The number of ether oxygens (including phenoxy) is 3. The zero-order chi connectivity index (χ0) is 24.8. The van der Waals surface area contributed by atoms with E-state index in [9.17, 15) is 14.4 Å². The van der Waals surface area contributed by atoms with Gasteiger partial charge in [0.05, 0.1) is 44.6 Å². The summed E-state index contributed by atoms with van der Waals surface area (Å²) in [5.74, 6) is 1.25. The molecule has 0 aliphatic carbocycles. The lowest BCUT2D eigenvalue weighted by Gasteiger charge is -2.23. The maximum atomic E-state index is 12.1. The van der Waals surface area contributed by atoms with Gasteiger partial charge in [0.2, 0.25) is 5.91 Å². The molecule has 3 amide bonds. The van der Waals surface area contributed by atoms with Crippen LogP contribution in [0.3, 0.4) is 0 Å². The number of urea groups is 1. The molecule has 0 aromatic rings. The Labute approximate surface area is 208 Å². The topological polar surface area (TPSA) is 115 Å². The van der Waals surface area contributed by atoms with Crippen molar-refractivity contribution in [3.8, 4) is 0 Å². The lowest BCUT2D eigenvalue weighted by Crippen LogP contribution is -2.47. The van der Waals surface area contributed by atoms with Crippen LogP contribution in [-0.4, -0.2) is 86.5 Å². The highest BCUT2D eigenvalue weighted by atomic mass is 32.2. The second kappa shape index (κ2) is 15.6. The minimum Gasteiger partial charge on any atom is -0.379 e. The number of hydrogen-bond donors (Lipinski definition) is 3. The molecule has 10 heteroatoms. The summed E-state index contributed by atoms with van der Waals surface area (Å²) in [7, 11) is 0. The van der Waals surface area contributed by atoms with Crippen LogP contribution < -0.4 is 16.0 Å². The number of hydrogen-bond acceptors (Lipinski definition) is 7. The number of ketones is 1. The zero-order valence-electron chi connectivity index (χ0n) is 21.0. The molecule has 0 aromatic carbocycles. The Balaban J connectivity index is 1.32. The molecule has 0 bridgehead atoms. The van der Waals surface area contributed by atoms with E-state index in [1.807, 2.05) is 25.6 Å². The van der Waals surface area contributed by atoms with E-state index in [4.69, 9.17) is 14.2 Å². The van der Waals surface area contributed by atoms with Gasteiger partial charge in [-0.05, 0) is 26.2 Å². The molecule has 2 heterocycles. The molecular weight excluding hydrogens is 458 g/mol. The Morgan fingerprint density at radius 1 is 1.03 bits per heavy atom. The van der Waals surface area contributed by atoms with Crippen molar-refractivity contribution in [1.82, 2.24) is 16.0 Å². The summed E-state index contributed by atoms with van der Waals surface area (Å²) >= 11 is 1.92. The van der Waals surface area contributed by atoms with Crippen LogP contribution in [0.1, 0.15) is 59.3 Å². The van der Waals surface area contributed by atoms with E-state index >= 15 is 0 Å². The number of unbranched alkanes of at least 4 members (excludes halogenated alkanes) is 1. The molecule has 0 aromatic heterocycles. The third-order valence-electron chi connectivity index (χ3n) is 6.09. The first-order valence-electron chi connectivity index (χ1n) is 12.5. The van der Waals surface area contributed by atoms with Gasteiger partial charge in [-0.3, -0.25) is 9.59 Å². The molecule has 0 spiro atoms. The largest absolute Gasteiger partial charge is 0.379 e. The fraction of sp³-hybridized carbons (Fsp3) is 0.875. The average molecular weight is 502 g/mol. The van der Waals surface area contributed by atoms with Crippen molar-refractivity contribution in [2.45, 2.75) is 76.1 Å². The Morgan fingerprint density at radius 3 is 2.38 bits per heavy atom. The molecule has 2 aliphatic rings. The summed E-state index contributed by atoms with van der Waals surface area (Å²) in [4.78, 5) is 35.1. The van der Waals surface area contributed by atoms with Crippen LogP contribution in [0.2, 0.25) is 0 Å². The third-order valence-corrected chi connectivity index (χ3v) is 7.80. The number of thioether (sulfide) groups is 1. The Kier molecular flexibility index (Phi) is 13.2. The molecule has 0 radical (unpaired) electrons. The summed E-state index contributed by atoms with van der Waals surface area (Å²) in [6.45, 7) is 9.33. The standard InChI is InChI=1S/C24H43N3O6S/c1-18(2)22(29)25-10-12-32-14-16-33-15-13-31-11-6-8-19(28)7-4-5-9-20-21-24(3,17-34-20)27-23(30)26-21/h18,20-21H,4-17H2,1-3H3,(H,25,29)(H2,26,27,30)/t20-,21+,24-/m0/s1. The lowest BCUT2D eigenvalue weighted by atomic mass is 9.92. The molecular formula is C24H43N3O6S. The molecule has 0 saturated carbocycles. The van der Waals surface area contributed by atoms with E-state index in [1.165, 1.54) is 0 Å². The molecule has 0 unspecified atom stereocenters. The second-order valence-electron chi connectivity index (χ2n) is 9.51. The van der Waals surface area contributed by atoms with E-state index in [0.717, 1.165) is 31.4 Å². The van der Waals surface area contributed by atoms with Crippen molar-refractivity contribution in [2.24, 2.45) is 5.92 Å². The average Bonchev–Trinajstić information content (AvgIpc) is 3.25. The van der Waals surface area contributed by atoms with Gasteiger partial charge >= 0.3 is 6.03 Å². The van der Waals surface area contributed by atoms with Crippen LogP contribution >= 0.6 is 11.8 Å². The smallest absolute Gasteiger partial charge is 0.315 e. The molecule has 9 nitrogen and oxygen atoms in total. The highest BCUT2D eigenvalue weighted by Crippen LogP contribution is 2.39. The minimum atomic E-state index is -0.131. The first-order chi connectivity index (χ1) is 16.3. The SMILES string of the molecule is CC(C)C(=O)NCCOCCOCCOCCCC(=O)CCCC[C@@H]1SC[C@]2(C)NC(=O)N[C@H]12. The van der Waals surface area contributed by atoms with Crippen LogP contribution in [0.15, 0.2) is 0 Å². The summed E-state index contributed by atoms with van der Waals surface area (Å²) in [5, 5.41) is 9.30. The number of nitrogens with one attached hydrogen (secondary N) is 3. The number of amides is 3. The minimum absolute atomic E-state index is 0.0124. The van der Waals surface area contributed by atoms with Gasteiger partial charge in [-0.25, -0.2) is 4.79 Å². The fourth-order valence-corrected chi connectivity index (χ4v) is 5.79. The van der Waals surface area contributed by atoms with Crippen LogP contribution in [0.5, 0.6) is 0 Å².